The lowest BCUT2D eigenvalue weighted by Crippen LogP contribution is -2.13. The molecule has 3 rings (SSSR count). The van der Waals surface area contributed by atoms with E-state index in [1.807, 2.05) is 11.3 Å². The summed E-state index contributed by atoms with van der Waals surface area (Å²) in [5, 5.41) is 12.0. The zero-order valence-electron chi connectivity index (χ0n) is 14.7. The largest absolute Gasteiger partial charge is 0.192 e. The molecule has 0 saturated heterocycles. The Morgan fingerprint density at radius 3 is 2.04 bits per heavy atom. The van der Waals surface area contributed by atoms with Crippen molar-refractivity contribution in [3.63, 3.8) is 0 Å². The van der Waals surface area contributed by atoms with Crippen LogP contribution in [0.15, 0.2) is 30.3 Å². The third-order valence-corrected chi connectivity index (χ3v) is 5.52. The van der Waals surface area contributed by atoms with Gasteiger partial charge in [-0.3, -0.25) is 0 Å². The van der Waals surface area contributed by atoms with Crippen molar-refractivity contribution in [1.82, 2.24) is 0 Å². The lowest BCUT2D eigenvalue weighted by atomic mass is 9.83. The second kappa shape index (κ2) is 5.08. The number of nitriles is 1. The summed E-state index contributed by atoms with van der Waals surface area (Å²) in [6.07, 6.45) is 0. The SMILES string of the molecule is CC(C)(C)c1ccc2c(c1)sc1cc(C(C)(C)C)c(C#N)cc12. The van der Waals surface area contributed by atoms with Gasteiger partial charge < -0.3 is 0 Å². The van der Waals surface area contributed by atoms with Gasteiger partial charge in [0, 0.05) is 20.2 Å². The van der Waals surface area contributed by atoms with Gasteiger partial charge in [0.15, 0.2) is 0 Å². The monoisotopic (exact) mass is 321 g/mol. The van der Waals surface area contributed by atoms with Crippen LogP contribution in [0, 0.1) is 11.3 Å². The minimum atomic E-state index is -0.0218. The Kier molecular flexibility index (Phi) is 3.54. The fourth-order valence-corrected chi connectivity index (χ4v) is 4.17. The molecular formula is C21H23NS. The zero-order valence-corrected chi connectivity index (χ0v) is 15.6. The lowest BCUT2D eigenvalue weighted by Gasteiger charge is -2.20. The van der Waals surface area contributed by atoms with Crippen LogP contribution in [-0.4, -0.2) is 0 Å². The molecule has 0 aliphatic carbocycles. The van der Waals surface area contributed by atoms with Crippen molar-refractivity contribution in [3.8, 4) is 6.07 Å². The molecule has 0 spiro atoms. The molecule has 1 nitrogen and oxygen atoms in total. The molecule has 0 unspecified atom stereocenters. The first kappa shape index (κ1) is 16.0. The van der Waals surface area contributed by atoms with E-state index in [4.69, 9.17) is 0 Å². The molecule has 1 aromatic heterocycles. The van der Waals surface area contributed by atoms with Crippen molar-refractivity contribution in [2.24, 2.45) is 0 Å². The molecule has 118 valence electrons. The summed E-state index contributed by atoms with van der Waals surface area (Å²) >= 11 is 1.83. The predicted molar refractivity (Wildman–Crippen MR) is 101 cm³/mol. The number of thiophene rings is 1. The third kappa shape index (κ3) is 2.75. The number of hydrogen-bond donors (Lipinski definition) is 0. The van der Waals surface area contributed by atoms with E-state index >= 15 is 0 Å². The van der Waals surface area contributed by atoms with Crippen molar-refractivity contribution in [2.45, 2.75) is 52.4 Å². The fourth-order valence-electron chi connectivity index (χ4n) is 3.00. The molecule has 1 heterocycles. The highest BCUT2D eigenvalue weighted by atomic mass is 32.1. The van der Waals surface area contributed by atoms with Crippen molar-refractivity contribution in [1.29, 1.82) is 5.26 Å². The van der Waals surface area contributed by atoms with Crippen LogP contribution in [0.3, 0.4) is 0 Å². The van der Waals surface area contributed by atoms with E-state index in [1.165, 1.54) is 25.7 Å². The first-order valence-corrected chi connectivity index (χ1v) is 8.84. The van der Waals surface area contributed by atoms with Crippen LogP contribution in [-0.2, 0) is 10.8 Å². The number of rotatable bonds is 0. The Balaban J connectivity index is 2.34. The van der Waals surface area contributed by atoms with Gasteiger partial charge in [0.05, 0.1) is 11.6 Å². The van der Waals surface area contributed by atoms with Gasteiger partial charge in [0.2, 0.25) is 0 Å². The van der Waals surface area contributed by atoms with Crippen LogP contribution in [0.1, 0.15) is 58.2 Å². The van der Waals surface area contributed by atoms with Crippen molar-refractivity contribution in [2.75, 3.05) is 0 Å². The second-order valence-corrected chi connectivity index (χ2v) is 9.40. The summed E-state index contributed by atoms with van der Waals surface area (Å²) in [6, 6.07) is 13.4. The topological polar surface area (TPSA) is 23.8 Å². The van der Waals surface area contributed by atoms with E-state index in [9.17, 15) is 5.26 Å². The van der Waals surface area contributed by atoms with Crippen LogP contribution in [0.25, 0.3) is 20.2 Å². The summed E-state index contributed by atoms with van der Waals surface area (Å²) in [5.41, 5.74) is 3.41. The van der Waals surface area contributed by atoms with Crippen LogP contribution >= 0.6 is 11.3 Å². The molecule has 0 aliphatic heterocycles. The fraction of sp³-hybridized carbons (Fsp3) is 0.381. The Morgan fingerprint density at radius 2 is 1.48 bits per heavy atom. The molecule has 0 amide bonds. The van der Waals surface area contributed by atoms with E-state index in [0.29, 0.717) is 0 Å². The standard InChI is InChI=1S/C21H23NS/c1-20(2,3)14-7-8-15-16-9-13(12-22)17(21(4,5)6)11-19(16)23-18(15)10-14/h7-11H,1-6H3. The highest BCUT2D eigenvalue weighted by molar-refractivity contribution is 7.25. The smallest absolute Gasteiger partial charge is 0.0994 e. The van der Waals surface area contributed by atoms with Crippen molar-refractivity contribution < 1.29 is 0 Å². The molecule has 0 atom stereocenters. The maximum atomic E-state index is 9.55. The van der Waals surface area contributed by atoms with Gasteiger partial charge in [-0.1, -0.05) is 53.7 Å². The Bertz CT molecular complexity index is 940. The van der Waals surface area contributed by atoms with Gasteiger partial charge in [-0.2, -0.15) is 5.26 Å². The molecule has 0 bridgehead atoms. The number of benzene rings is 2. The lowest BCUT2D eigenvalue weighted by molar-refractivity contribution is 0.589. The first-order valence-electron chi connectivity index (χ1n) is 8.02. The van der Waals surface area contributed by atoms with E-state index in [2.05, 4.69) is 77.9 Å². The van der Waals surface area contributed by atoms with Gasteiger partial charge in [0.1, 0.15) is 0 Å². The van der Waals surface area contributed by atoms with Crippen molar-refractivity contribution in [3.05, 3.63) is 47.0 Å². The minimum Gasteiger partial charge on any atom is -0.192 e. The van der Waals surface area contributed by atoms with Gasteiger partial charge in [0.25, 0.3) is 0 Å². The summed E-state index contributed by atoms with van der Waals surface area (Å²) in [7, 11) is 0. The number of hydrogen-bond acceptors (Lipinski definition) is 2. The summed E-state index contributed by atoms with van der Waals surface area (Å²) in [6.45, 7) is 13.2. The number of fused-ring (bicyclic) bond motifs is 3. The minimum absolute atomic E-state index is 0.0218. The number of nitrogens with zero attached hydrogens (tertiary/aromatic N) is 1. The molecule has 23 heavy (non-hydrogen) atoms. The van der Waals surface area contributed by atoms with E-state index in [0.717, 1.165) is 11.1 Å². The van der Waals surface area contributed by atoms with E-state index < -0.39 is 0 Å². The summed E-state index contributed by atoms with van der Waals surface area (Å²) in [4.78, 5) is 0. The highest BCUT2D eigenvalue weighted by Crippen LogP contribution is 2.39. The molecule has 2 aromatic carbocycles. The summed E-state index contributed by atoms with van der Waals surface area (Å²) < 4.78 is 2.58. The van der Waals surface area contributed by atoms with Gasteiger partial charge in [-0.25, -0.2) is 0 Å². The maximum absolute atomic E-state index is 9.55. The van der Waals surface area contributed by atoms with Crippen LogP contribution in [0.2, 0.25) is 0 Å². The van der Waals surface area contributed by atoms with Gasteiger partial charge in [-0.15, -0.1) is 11.3 Å². The van der Waals surface area contributed by atoms with Crippen molar-refractivity contribution >= 4 is 31.5 Å². The summed E-state index contributed by atoms with van der Waals surface area (Å²) in [5.74, 6) is 0. The zero-order chi connectivity index (χ0) is 17.0. The maximum Gasteiger partial charge on any atom is 0.0994 e. The predicted octanol–water partition coefficient (Wildman–Crippen LogP) is 6.52. The van der Waals surface area contributed by atoms with Gasteiger partial charge >= 0.3 is 0 Å². The van der Waals surface area contributed by atoms with Crippen LogP contribution < -0.4 is 0 Å². The molecule has 0 aliphatic rings. The molecule has 2 heteroatoms. The quantitative estimate of drug-likeness (QED) is 0.462. The Labute approximate surface area is 142 Å². The average Bonchev–Trinajstić information content (AvgIpc) is 2.80. The van der Waals surface area contributed by atoms with Gasteiger partial charge in [-0.05, 0) is 40.2 Å². The average molecular weight is 321 g/mol. The first-order chi connectivity index (χ1) is 10.6. The highest BCUT2D eigenvalue weighted by Gasteiger charge is 2.21. The molecule has 0 saturated carbocycles. The van der Waals surface area contributed by atoms with Crippen LogP contribution in [0.4, 0.5) is 0 Å². The molecule has 0 N–H and O–H groups in total. The van der Waals surface area contributed by atoms with E-state index in [1.54, 1.807) is 0 Å². The van der Waals surface area contributed by atoms with E-state index in [-0.39, 0.29) is 10.8 Å². The molecule has 0 fully saturated rings. The molecule has 3 aromatic rings. The van der Waals surface area contributed by atoms with Crippen LogP contribution in [0.5, 0.6) is 0 Å². The normalized spacial score (nSPS) is 12.7. The Morgan fingerprint density at radius 1 is 0.826 bits per heavy atom. The third-order valence-electron chi connectivity index (χ3n) is 4.41. The second-order valence-electron chi connectivity index (χ2n) is 8.32. The Hall–Kier alpha value is -1.85. The molecule has 0 radical (unpaired) electrons. The molecular weight excluding hydrogens is 298 g/mol.